The van der Waals surface area contributed by atoms with Crippen molar-refractivity contribution in [2.75, 3.05) is 19.6 Å². The lowest BCUT2D eigenvalue weighted by molar-refractivity contribution is -0.180. The molecule has 2 aliphatic heterocycles. The molecule has 0 spiro atoms. The number of hydrogen-bond acceptors (Lipinski definition) is 3. The van der Waals surface area contributed by atoms with E-state index >= 15 is 0 Å². The van der Waals surface area contributed by atoms with Gasteiger partial charge in [-0.3, -0.25) is 4.79 Å². The van der Waals surface area contributed by atoms with Gasteiger partial charge in [-0.05, 0) is 39.0 Å². The number of piperidine rings is 1. The van der Waals surface area contributed by atoms with E-state index < -0.39 is 23.7 Å². The van der Waals surface area contributed by atoms with Crippen LogP contribution in [0.25, 0.3) is 0 Å². The number of carbonyl (C=O) groups excluding carboxylic acids is 1. The van der Waals surface area contributed by atoms with Crippen LogP contribution < -0.4 is 5.32 Å². The normalized spacial score (nSPS) is 35.4. The minimum atomic E-state index is -4.19. The van der Waals surface area contributed by atoms with Crippen LogP contribution in [0.4, 0.5) is 13.2 Å². The Labute approximate surface area is 122 Å². The van der Waals surface area contributed by atoms with Crippen LogP contribution in [0.3, 0.4) is 0 Å². The van der Waals surface area contributed by atoms with Gasteiger partial charge in [0.1, 0.15) is 0 Å². The van der Waals surface area contributed by atoms with Crippen molar-refractivity contribution in [3.8, 4) is 0 Å². The molecule has 3 atom stereocenters. The zero-order valence-electron chi connectivity index (χ0n) is 12.2. The van der Waals surface area contributed by atoms with E-state index in [1.165, 1.54) is 0 Å². The molecule has 122 valence electrons. The molecule has 21 heavy (non-hydrogen) atoms. The third kappa shape index (κ3) is 4.32. The van der Waals surface area contributed by atoms with Gasteiger partial charge in [0, 0.05) is 19.6 Å². The number of nitrogens with zero attached hydrogens (tertiary/aromatic N) is 1. The number of nitrogens with one attached hydrogen (secondary N) is 1. The number of carbonyl (C=O) groups is 1. The highest BCUT2D eigenvalue weighted by molar-refractivity contribution is 5.82. The maximum absolute atomic E-state index is 12.6. The van der Waals surface area contributed by atoms with Crippen LogP contribution in [-0.4, -0.2) is 53.4 Å². The summed E-state index contributed by atoms with van der Waals surface area (Å²) in [5, 5.41) is 12.8. The minimum Gasteiger partial charge on any atom is -0.390 e. The molecule has 4 nitrogen and oxygen atoms in total. The van der Waals surface area contributed by atoms with E-state index in [9.17, 15) is 23.1 Å². The number of halogens is 3. The van der Waals surface area contributed by atoms with Crippen molar-refractivity contribution in [2.24, 2.45) is 5.92 Å². The molecule has 7 heteroatoms. The molecule has 2 N–H and O–H groups in total. The molecule has 0 saturated carbocycles. The van der Waals surface area contributed by atoms with E-state index in [1.54, 1.807) is 11.8 Å². The van der Waals surface area contributed by atoms with Gasteiger partial charge >= 0.3 is 6.18 Å². The van der Waals surface area contributed by atoms with Crippen LogP contribution in [0.5, 0.6) is 0 Å². The summed E-state index contributed by atoms with van der Waals surface area (Å²) in [5.74, 6) is -1.49. The summed E-state index contributed by atoms with van der Waals surface area (Å²) in [6.45, 7) is 2.60. The van der Waals surface area contributed by atoms with Crippen molar-refractivity contribution in [2.45, 2.75) is 56.8 Å². The molecule has 0 aromatic heterocycles. The number of amides is 1. The zero-order chi connectivity index (χ0) is 15.7. The first-order valence-electron chi connectivity index (χ1n) is 7.50. The Morgan fingerprint density at radius 3 is 2.57 bits per heavy atom. The first-order chi connectivity index (χ1) is 9.69. The fourth-order valence-corrected chi connectivity index (χ4v) is 3.05. The van der Waals surface area contributed by atoms with E-state index in [0.717, 1.165) is 6.42 Å². The Hall–Kier alpha value is -0.820. The monoisotopic (exact) mass is 308 g/mol. The second-order valence-electron chi connectivity index (χ2n) is 6.45. The molecular formula is C14H23F3N2O2. The Balaban J connectivity index is 1.87. The molecule has 3 unspecified atom stereocenters. The topological polar surface area (TPSA) is 52.6 Å². The van der Waals surface area contributed by atoms with E-state index in [-0.39, 0.29) is 25.3 Å². The molecule has 0 aliphatic carbocycles. The van der Waals surface area contributed by atoms with Crippen LogP contribution in [0, 0.1) is 5.92 Å². The summed E-state index contributed by atoms with van der Waals surface area (Å²) in [6.07, 6.45) is -2.10. The molecule has 2 aliphatic rings. The highest BCUT2D eigenvalue weighted by Gasteiger charge is 2.43. The smallest absolute Gasteiger partial charge is 0.390 e. The van der Waals surface area contributed by atoms with Crippen LogP contribution in [0.1, 0.15) is 39.0 Å². The lowest BCUT2D eigenvalue weighted by atomic mass is 9.93. The summed E-state index contributed by atoms with van der Waals surface area (Å²) < 4.78 is 37.8. The van der Waals surface area contributed by atoms with Crippen molar-refractivity contribution in [1.29, 1.82) is 0 Å². The van der Waals surface area contributed by atoms with Crippen molar-refractivity contribution in [3.63, 3.8) is 0 Å². The van der Waals surface area contributed by atoms with Gasteiger partial charge < -0.3 is 15.3 Å². The Morgan fingerprint density at radius 2 is 2.00 bits per heavy atom. The standard InChI is InChI=1S/C14H23F3N2O2/c1-13(21)5-2-7-19(8-6-13)12(20)11-4-3-10(9-18-11)14(15,16)17/h10-11,18,21H,2-9H2,1H3. The molecule has 0 aromatic rings. The molecule has 2 saturated heterocycles. The first-order valence-corrected chi connectivity index (χ1v) is 7.50. The molecule has 0 radical (unpaired) electrons. The van der Waals surface area contributed by atoms with Gasteiger partial charge in [-0.15, -0.1) is 0 Å². The second kappa shape index (κ2) is 6.12. The number of alkyl halides is 3. The lowest BCUT2D eigenvalue weighted by Gasteiger charge is -2.33. The van der Waals surface area contributed by atoms with Gasteiger partial charge in [0.05, 0.1) is 17.6 Å². The average molecular weight is 308 g/mol. The largest absolute Gasteiger partial charge is 0.393 e. The SMILES string of the molecule is CC1(O)CCCN(C(=O)C2CCC(C(F)(F)F)CN2)CC1. The van der Waals surface area contributed by atoms with Gasteiger partial charge in [0.15, 0.2) is 0 Å². The Morgan fingerprint density at radius 1 is 1.29 bits per heavy atom. The Bertz CT molecular complexity index is 377. The maximum Gasteiger partial charge on any atom is 0.393 e. The third-order valence-electron chi connectivity index (χ3n) is 4.55. The zero-order valence-corrected chi connectivity index (χ0v) is 12.2. The van der Waals surface area contributed by atoms with E-state index in [1.807, 2.05) is 0 Å². The van der Waals surface area contributed by atoms with Crippen molar-refractivity contribution in [3.05, 3.63) is 0 Å². The van der Waals surface area contributed by atoms with Crippen LogP contribution in [0.2, 0.25) is 0 Å². The first kappa shape index (κ1) is 16.5. The number of likely N-dealkylation sites (tertiary alicyclic amines) is 1. The van der Waals surface area contributed by atoms with Gasteiger partial charge in [-0.1, -0.05) is 0 Å². The van der Waals surface area contributed by atoms with Crippen LogP contribution in [0.15, 0.2) is 0 Å². The lowest BCUT2D eigenvalue weighted by Crippen LogP contribution is -2.52. The second-order valence-corrected chi connectivity index (χ2v) is 6.45. The molecule has 1 amide bonds. The number of aliphatic hydroxyl groups is 1. The predicted octanol–water partition coefficient (Wildman–Crippen LogP) is 1.68. The number of rotatable bonds is 1. The summed E-state index contributed by atoms with van der Waals surface area (Å²) in [4.78, 5) is 14.0. The van der Waals surface area contributed by atoms with Crippen LogP contribution >= 0.6 is 0 Å². The Kier molecular flexibility index (Phi) is 4.82. The fraction of sp³-hybridized carbons (Fsp3) is 0.929. The highest BCUT2D eigenvalue weighted by Crippen LogP contribution is 2.32. The summed E-state index contributed by atoms with van der Waals surface area (Å²) in [7, 11) is 0. The summed E-state index contributed by atoms with van der Waals surface area (Å²) in [6, 6.07) is -0.522. The fourth-order valence-electron chi connectivity index (χ4n) is 3.05. The molecule has 2 rings (SSSR count). The molecule has 2 fully saturated rings. The van der Waals surface area contributed by atoms with E-state index in [2.05, 4.69) is 5.32 Å². The van der Waals surface area contributed by atoms with E-state index in [4.69, 9.17) is 0 Å². The highest BCUT2D eigenvalue weighted by atomic mass is 19.4. The van der Waals surface area contributed by atoms with Gasteiger partial charge in [0.25, 0.3) is 0 Å². The molecule has 0 bridgehead atoms. The quantitative estimate of drug-likeness (QED) is 0.775. The molecule has 2 heterocycles. The maximum atomic E-state index is 12.6. The molecular weight excluding hydrogens is 285 g/mol. The van der Waals surface area contributed by atoms with E-state index in [0.29, 0.717) is 25.9 Å². The summed E-state index contributed by atoms with van der Waals surface area (Å²) >= 11 is 0. The van der Waals surface area contributed by atoms with Gasteiger partial charge in [0.2, 0.25) is 5.91 Å². The average Bonchev–Trinajstić information content (AvgIpc) is 2.58. The van der Waals surface area contributed by atoms with Crippen molar-refractivity contribution < 1.29 is 23.1 Å². The minimum absolute atomic E-state index is 0.00153. The van der Waals surface area contributed by atoms with Crippen molar-refractivity contribution in [1.82, 2.24) is 10.2 Å². The van der Waals surface area contributed by atoms with Crippen LogP contribution in [-0.2, 0) is 4.79 Å². The summed E-state index contributed by atoms with van der Waals surface area (Å²) in [5.41, 5.74) is -0.754. The predicted molar refractivity (Wildman–Crippen MR) is 71.6 cm³/mol. The number of hydrogen-bond donors (Lipinski definition) is 2. The van der Waals surface area contributed by atoms with Gasteiger partial charge in [-0.25, -0.2) is 0 Å². The van der Waals surface area contributed by atoms with Crippen molar-refractivity contribution >= 4 is 5.91 Å². The molecule has 0 aromatic carbocycles. The van der Waals surface area contributed by atoms with Gasteiger partial charge in [-0.2, -0.15) is 13.2 Å². The third-order valence-corrected chi connectivity index (χ3v) is 4.55.